The Balaban J connectivity index is 2.55. The molecule has 22 heavy (non-hydrogen) atoms. The van der Waals surface area contributed by atoms with E-state index in [0.29, 0.717) is 18.7 Å². The fourth-order valence-electron chi connectivity index (χ4n) is 1.67. The first-order valence-corrected chi connectivity index (χ1v) is 7.02. The molecule has 0 aliphatic carbocycles. The van der Waals surface area contributed by atoms with Crippen molar-refractivity contribution < 1.29 is 19.0 Å². The van der Waals surface area contributed by atoms with Gasteiger partial charge in [-0.15, -0.1) is 6.42 Å². The van der Waals surface area contributed by atoms with Crippen LogP contribution in [0.1, 0.15) is 20.3 Å². The van der Waals surface area contributed by atoms with Crippen LogP contribution in [0.15, 0.2) is 18.2 Å². The second-order valence-corrected chi connectivity index (χ2v) is 5.11. The average molecular weight is 308 g/mol. The van der Waals surface area contributed by atoms with Crippen LogP contribution in [-0.4, -0.2) is 30.4 Å². The van der Waals surface area contributed by atoms with Gasteiger partial charge in [0.15, 0.2) is 0 Å². The molecule has 1 aromatic carbocycles. The van der Waals surface area contributed by atoms with Crippen LogP contribution in [-0.2, 0) is 0 Å². The van der Waals surface area contributed by atoms with Crippen molar-refractivity contribution in [3.63, 3.8) is 0 Å². The maximum atomic E-state index is 13.2. The van der Waals surface area contributed by atoms with Crippen molar-refractivity contribution in [2.24, 2.45) is 5.92 Å². The molecule has 0 heterocycles. The van der Waals surface area contributed by atoms with Crippen molar-refractivity contribution >= 4 is 11.7 Å². The topological polar surface area (TPSA) is 70.6 Å². The number of hydrogen-bond acceptors (Lipinski definition) is 3. The van der Waals surface area contributed by atoms with Crippen LogP contribution in [0.2, 0.25) is 0 Å². The molecular weight excluding hydrogens is 287 g/mol. The highest BCUT2D eigenvalue weighted by molar-refractivity contribution is 5.90. The van der Waals surface area contributed by atoms with Gasteiger partial charge in [0.1, 0.15) is 18.2 Å². The molecule has 1 atom stereocenters. The second kappa shape index (κ2) is 8.90. The summed E-state index contributed by atoms with van der Waals surface area (Å²) in [5.41, 5.74) is 0.318. The Labute approximate surface area is 129 Å². The normalized spacial score (nSPS) is 11.6. The van der Waals surface area contributed by atoms with Gasteiger partial charge in [-0.05, 0) is 24.5 Å². The Morgan fingerprint density at radius 3 is 2.86 bits per heavy atom. The van der Waals surface area contributed by atoms with E-state index in [1.165, 1.54) is 12.1 Å². The summed E-state index contributed by atoms with van der Waals surface area (Å²) in [4.78, 5) is 11.8. The molecule has 0 radical (unpaired) electrons. The zero-order chi connectivity index (χ0) is 16.5. The minimum atomic E-state index is -0.488. The van der Waals surface area contributed by atoms with Crippen LogP contribution in [0.5, 0.6) is 5.75 Å². The van der Waals surface area contributed by atoms with Crippen molar-refractivity contribution in [3.05, 3.63) is 24.0 Å². The first-order chi connectivity index (χ1) is 10.4. The summed E-state index contributed by atoms with van der Waals surface area (Å²) in [5, 5.41) is 14.8. The first-order valence-electron chi connectivity index (χ1n) is 7.02. The number of aliphatic hydroxyl groups excluding tert-OH is 1. The Bertz CT molecular complexity index is 541. The Morgan fingerprint density at radius 2 is 2.23 bits per heavy atom. The highest BCUT2D eigenvalue weighted by Gasteiger charge is 2.11. The summed E-state index contributed by atoms with van der Waals surface area (Å²) in [6.07, 6.45) is 5.07. The lowest BCUT2D eigenvalue weighted by atomic mass is 10.0. The van der Waals surface area contributed by atoms with Crippen molar-refractivity contribution in [2.75, 3.05) is 18.5 Å². The van der Waals surface area contributed by atoms with Gasteiger partial charge in [-0.1, -0.05) is 19.8 Å². The van der Waals surface area contributed by atoms with Crippen LogP contribution in [0.4, 0.5) is 14.9 Å². The van der Waals surface area contributed by atoms with Crippen LogP contribution >= 0.6 is 0 Å². The molecular formula is C16H21FN2O3. The van der Waals surface area contributed by atoms with Gasteiger partial charge in [0.25, 0.3) is 0 Å². The summed E-state index contributed by atoms with van der Waals surface area (Å²) in [7, 11) is 0. The number of ether oxygens (including phenoxy) is 1. The predicted octanol–water partition coefficient (Wildman–Crippen LogP) is 2.37. The Kier molecular flexibility index (Phi) is 7.20. The molecule has 0 spiro atoms. The Morgan fingerprint density at radius 1 is 1.50 bits per heavy atom. The lowest BCUT2D eigenvalue weighted by Gasteiger charge is -2.15. The molecule has 1 rings (SSSR count). The number of amides is 2. The molecule has 6 heteroatoms. The van der Waals surface area contributed by atoms with Crippen LogP contribution in [0.3, 0.4) is 0 Å². The van der Waals surface area contributed by atoms with E-state index in [2.05, 4.69) is 16.6 Å². The Hall–Kier alpha value is -2.26. The summed E-state index contributed by atoms with van der Waals surface area (Å²) < 4.78 is 18.4. The fraction of sp³-hybridized carbons (Fsp3) is 0.438. The predicted molar refractivity (Wildman–Crippen MR) is 83.2 cm³/mol. The number of rotatable bonds is 7. The quantitative estimate of drug-likeness (QED) is 0.677. The van der Waals surface area contributed by atoms with Crippen molar-refractivity contribution in [2.45, 2.75) is 26.4 Å². The lowest BCUT2D eigenvalue weighted by molar-refractivity contribution is 0.117. The van der Waals surface area contributed by atoms with Gasteiger partial charge in [0.2, 0.25) is 0 Å². The van der Waals surface area contributed by atoms with Crippen LogP contribution in [0.25, 0.3) is 0 Å². The third-order valence-electron chi connectivity index (χ3n) is 3.00. The first kappa shape index (κ1) is 17.8. The smallest absolute Gasteiger partial charge is 0.319 e. The lowest BCUT2D eigenvalue weighted by Crippen LogP contribution is -2.32. The molecule has 0 saturated heterocycles. The standard InChI is InChI=1S/C16H21FN2O3/c1-4-9-22-15-10-12(17)5-6-13(15)19-16(21)18-8-7-14(20)11(2)3/h1,5-6,10-11,14,20H,7-9H2,2-3H3,(H2,18,19,21). The molecule has 1 aromatic rings. The summed E-state index contributed by atoms with van der Waals surface area (Å²) in [6.45, 7) is 4.10. The summed E-state index contributed by atoms with van der Waals surface area (Å²) in [5.74, 6) is 2.08. The van der Waals surface area contributed by atoms with E-state index in [4.69, 9.17) is 11.2 Å². The molecule has 2 amide bonds. The van der Waals surface area contributed by atoms with Crippen LogP contribution in [0, 0.1) is 24.1 Å². The van der Waals surface area contributed by atoms with Gasteiger partial charge in [-0.25, -0.2) is 9.18 Å². The van der Waals surface area contributed by atoms with Gasteiger partial charge < -0.3 is 20.5 Å². The average Bonchev–Trinajstić information content (AvgIpc) is 2.47. The molecule has 0 aliphatic rings. The number of carbonyl (C=O) groups is 1. The van der Waals surface area contributed by atoms with Gasteiger partial charge in [-0.2, -0.15) is 0 Å². The van der Waals surface area contributed by atoms with E-state index in [9.17, 15) is 14.3 Å². The van der Waals surface area contributed by atoms with Crippen molar-refractivity contribution in [1.29, 1.82) is 0 Å². The third-order valence-corrected chi connectivity index (χ3v) is 3.00. The molecule has 3 N–H and O–H groups in total. The number of terminal acetylenes is 1. The van der Waals surface area contributed by atoms with Crippen molar-refractivity contribution in [3.8, 4) is 18.1 Å². The number of anilines is 1. The largest absolute Gasteiger partial charge is 0.479 e. The fourth-order valence-corrected chi connectivity index (χ4v) is 1.67. The van der Waals surface area contributed by atoms with Gasteiger partial charge in [-0.3, -0.25) is 0 Å². The highest BCUT2D eigenvalue weighted by atomic mass is 19.1. The number of halogens is 1. The maximum absolute atomic E-state index is 13.2. The number of hydrogen-bond donors (Lipinski definition) is 3. The third kappa shape index (κ3) is 6.02. The van der Waals surface area contributed by atoms with Crippen molar-refractivity contribution in [1.82, 2.24) is 5.32 Å². The number of carbonyl (C=O) groups excluding carboxylic acids is 1. The SMILES string of the molecule is C#CCOc1cc(F)ccc1NC(=O)NCCC(O)C(C)C. The molecule has 0 bridgehead atoms. The van der Waals surface area contributed by atoms with Crippen LogP contribution < -0.4 is 15.4 Å². The molecule has 0 saturated carbocycles. The molecule has 1 unspecified atom stereocenters. The minimum absolute atomic E-state index is 0.0274. The highest BCUT2D eigenvalue weighted by Crippen LogP contribution is 2.25. The van der Waals surface area contributed by atoms with E-state index in [-0.39, 0.29) is 18.3 Å². The number of benzene rings is 1. The number of nitrogens with one attached hydrogen (secondary N) is 2. The van der Waals surface area contributed by atoms with E-state index in [1.54, 1.807) is 0 Å². The number of urea groups is 1. The molecule has 0 aromatic heterocycles. The van der Waals surface area contributed by atoms with E-state index < -0.39 is 18.0 Å². The second-order valence-electron chi connectivity index (χ2n) is 5.11. The van der Waals surface area contributed by atoms with Gasteiger partial charge in [0.05, 0.1) is 11.8 Å². The zero-order valence-electron chi connectivity index (χ0n) is 12.7. The number of aliphatic hydroxyl groups is 1. The summed E-state index contributed by atoms with van der Waals surface area (Å²) in [6, 6.07) is 3.29. The molecule has 0 aliphatic heterocycles. The van der Waals surface area contributed by atoms with Gasteiger partial charge in [0, 0.05) is 12.6 Å². The summed E-state index contributed by atoms with van der Waals surface area (Å²) >= 11 is 0. The molecule has 0 fully saturated rings. The molecule has 5 nitrogen and oxygen atoms in total. The van der Waals surface area contributed by atoms with E-state index in [1.807, 2.05) is 13.8 Å². The molecule has 120 valence electrons. The zero-order valence-corrected chi connectivity index (χ0v) is 12.7. The van der Waals surface area contributed by atoms with E-state index in [0.717, 1.165) is 6.07 Å². The maximum Gasteiger partial charge on any atom is 0.319 e. The minimum Gasteiger partial charge on any atom is -0.479 e. The van der Waals surface area contributed by atoms with Gasteiger partial charge >= 0.3 is 6.03 Å². The monoisotopic (exact) mass is 308 g/mol. The van der Waals surface area contributed by atoms with E-state index >= 15 is 0 Å².